The lowest BCUT2D eigenvalue weighted by Crippen LogP contribution is -2.16. The van der Waals surface area contributed by atoms with Crippen molar-refractivity contribution in [2.75, 3.05) is 18.2 Å². The molecule has 3 aromatic rings. The summed E-state index contributed by atoms with van der Waals surface area (Å²) in [6.07, 6.45) is 0. The Morgan fingerprint density at radius 3 is 2.56 bits per heavy atom. The highest BCUT2D eigenvalue weighted by Crippen LogP contribution is 2.20. The summed E-state index contributed by atoms with van der Waals surface area (Å²) in [4.78, 5) is 0. The van der Waals surface area contributed by atoms with Crippen molar-refractivity contribution in [3.05, 3.63) is 65.2 Å². The van der Waals surface area contributed by atoms with Crippen molar-refractivity contribution in [3.63, 3.8) is 0 Å². The molecule has 0 bridgehead atoms. The number of nitrogen functional groups attached to an aromatic ring is 1. The zero-order valence-corrected chi connectivity index (χ0v) is 16.0. The molecule has 0 spiro atoms. The summed E-state index contributed by atoms with van der Waals surface area (Å²) in [5.74, 6) is 7.64. The van der Waals surface area contributed by atoms with Gasteiger partial charge in [-0.15, -0.1) is 10.2 Å². The second-order valence-corrected chi connectivity index (χ2v) is 7.07. The molecular formula is C19H21FN4O2S. The Morgan fingerprint density at radius 1 is 1.07 bits per heavy atom. The summed E-state index contributed by atoms with van der Waals surface area (Å²) in [5, 5.41) is 8.59. The Kier molecular flexibility index (Phi) is 6.18. The number of nitrogens with zero attached hydrogens (tertiary/aromatic N) is 3. The molecule has 142 valence electrons. The van der Waals surface area contributed by atoms with Gasteiger partial charge in [0.1, 0.15) is 12.4 Å². The molecule has 0 fully saturated rings. The molecule has 8 heteroatoms. The quantitative estimate of drug-likeness (QED) is 0.362. The molecule has 0 atom stereocenters. The van der Waals surface area contributed by atoms with Crippen LogP contribution in [0.2, 0.25) is 0 Å². The Labute approximate surface area is 161 Å². The number of aromatic nitrogens is 3. The highest BCUT2D eigenvalue weighted by Gasteiger charge is 2.12. The van der Waals surface area contributed by atoms with Crippen LogP contribution in [0.5, 0.6) is 11.5 Å². The lowest BCUT2D eigenvalue weighted by atomic mass is 10.1. The van der Waals surface area contributed by atoms with Crippen molar-refractivity contribution in [2.45, 2.75) is 25.6 Å². The maximum atomic E-state index is 13.6. The first kappa shape index (κ1) is 19.0. The number of benzene rings is 2. The first-order chi connectivity index (χ1) is 13.0. The number of halogens is 1. The van der Waals surface area contributed by atoms with Crippen LogP contribution in [0.4, 0.5) is 4.39 Å². The fourth-order valence-electron chi connectivity index (χ4n) is 2.52. The van der Waals surface area contributed by atoms with Crippen molar-refractivity contribution in [1.29, 1.82) is 0 Å². The minimum atomic E-state index is -0.432. The topological polar surface area (TPSA) is 75.2 Å². The summed E-state index contributed by atoms with van der Waals surface area (Å²) in [6.45, 7) is 4.62. The normalized spacial score (nSPS) is 10.8. The van der Waals surface area contributed by atoms with Gasteiger partial charge < -0.3 is 15.3 Å². The van der Waals surface area contributed by atoms with E-state index in [0.717, 1.165) is 5.75 Å². The number of hydrogen-bond donors (Lipinski definition) is 1. The second-order valence-electron chi connectivity index (χ2n) is 6.01. The number of nitrogens with two attached hydrogens (primary N) is 1. The number of para-hydroxylation sites is 1. The molecule has 27 heavy (non-hydrogen) atoms. The third kappa shape index (κ3) is 5.13. The van der Waals surface area contributed by atoms with Gasteiger partial charge in [0, 0.05) is 5.75 Å². The lowest BCUT2D eigenvalue weighted by Gasteiger charge is -2.08. The van der Waals surface area contributed by atoms with Crippen LogP contribution in [-0.4, -0.2) is 27.2 Å². The molecule has 1 aromatic heterocycles. The first-order valence-corrected chi connectivity index (χ1v) is 9.42. The summed E-state index contributed by atoms with van der Waals surface area (Å²) < 4.78 is 26.1. The van der Waals surface area contributed by atoms with Gasteiger partial charge in [0.2, 0.25) is 5.16 Å². The van der Waals surface area contributed by atoms with Crippen LogP contribution in [0.25, 0.3) is 0 Å². The van der Waals surface area contributed by atoms with Crippen LogP contribution in [0.15, 0.2) is 47.6 Å². The zero-order valence-electron chi connectivity index (χ0n) is 15.2. The fraction of sp³-hybridized carbons (Fsp3) is 0.263. The van der Waals surface area contributed by atoms with E-state index in [1.54, 1.807) is 18.2 Å². The maximum absolute atomic E-state index is 13.6. The number of aryl methyl sites for hydroxylation is 2. The average molecular weight is 388 g/mol. The minimum absolute atomic E-state index is 0.0318. The van der Waals surface area contributed by atoms with Crippen LogP contribution in [-0.2, 0) is 6.61 Å². The molecule has 0 saturated carbocycles. The van der Waals surface area contributed by atoms with Gasteiger partial charge in [-0.2, -0.15) is 0 Å². The van der Waals surface area contributed by atoms with Gasteiger partial charge in [-0.1, -0.05) is 30.0 Å². The molecule has 0 aliphatic heterocycles. The van der Waals surface area contributed by atoms with Gasteiger partial charge in [0.05, 0.1) is 6.61 Å². The molecule has 2 aromatic carbocycles. The van der Waals surface area contributed by atoms with Gasteiger partial charge in [-0.25, -0.2) is 9.07 Å². The predicted molar refractivity (Wildman–Crippen MR) is 103 cm³/mol. The van der Waals surface area contributed by atoms with Crippen LogP contribution in [0.3, 0.4) is 0 Å². The van der Waals surface area contributed by atoms with Gasteiger partial charge in [0.25, 0.3) is 0 Å². The molecule has 0 saturated heterocycles. The van der Waals surface area contributed by atoms with Crippen LogP contribution in [0, 0.1) is 19.7 Å². The average Bonchev–Trinajstić information content (AvgIpc) is 2.97. The number of hydrogen-bond acceptors (Lipinski definition) is 6. The molecular weight excluding hydrogens is 367 g/mol. The summed E-state index contributed by atoms with van der Waals surface area (Å²) >= 11 is 1.43. The van der Waals surface area contributed by atoms with E-state index in [1.807, 2.05) is 26.0 Å². The molecule has 0 aliphatic rings. The third-order valence-electron chi connectivity index (χ3n) is 3.71. The Bertz CT molecular complexity index is 896. The monoisotopic (exact) mass is 388 g/mol. The number of thioether (sulfide) groups is 1. The van der Waals surface area contributed by atoms with E-state index in [0.29, 0.717) is 23.3 Å². The Balaban J connectivity index is 1.49. The van der Waals surface area contributed by atoms with E-state index in [-0.39, 0.29) is 12.4 Å². The van der Waals surface area contributed by atoms with Crippen LogP contribution in [0.1, 0.15) is 17.0 Å². The smallest absolute Gasteiger partial charge is 0.210 e. The summed E-state index contributed by atoms with van der Waals surface area (Å²) in [7, 11) is 0. The van der Waals surface area contributed by atoms with E-state index >= 15 is 0 Å². The van der Waals surface area contributed by atoms with Crippen molar-refractivity contribution in [3.8, 4) is 11.5 Å². The molecule has 0 amide bonds. The highest BCUT2D eigenvalue weighted by molar-refractivity contribution is 7.99. The van der Waals surface area contributed by atoms with Gasteiger partial charge >= 0.3 is 0 Å². The minimum Gasteiger partial charge on any atom is -0.493 e. The number of rotatable bonds is 8. The maximum Gasteiger partial charge on any atom is 0.210 e. The van der Waals surface area contributed by atoms with E-state index in [4.69, 9.17) is 15.3 Å². The van der Waals surface area contributed by atoms with Crippen LogP contribution >= 0.6 is 11.8 Å². The van der Waals surface area contributed by atoms with Crippen molar-refractivity contribution < 1.29 is 13.9 Å². The van der Waals surface area contributed by atoms with Crippen LogP contribution < -0.4 is 15.3 Å². The molecule has 0 unspecified atom stereocenters. The molecule has 6 nitrogen and oxygen atoms in total. The Hall–Kier alpha value is -2.74. The highest BCUT2D eigenvalue weighted by atomic mass is 32.2. The van der Waals surface area contributed by atoms with E-state index in [9.17, 15) is 4.39 Å². The standard InChI is InChI=1S/C19H21FN4O2S/c1-13-9-14(2)11-15(10-13)25-7-8-27-19-23-22-18(24(19)21)12-26-17-6-4-3-5-16(17)20/h3-6,9-11H,7-8,12,21H2,1-2H3. The van der Waals surface area contributed by atoms with Gasteiger partial charge in [-0.05, 0) is 49.2 Å². The van der Waals surface area contributed by atoms with Crippen molar-refractivity contribution in [1.82, 2.24) is 14.9 Å². The second kappa shape index (κ2) is 8.77. The first-order valence-electron chi connectivity index (χ1n) is 8.43. The molecule has 1 heterocycles. The molecule has 2 N–H and O–H groups in total. The molecule has 0 radical (unpaired) electrons. The van der Waals surface area contributed by atoms with Crippen molar-refractivity contribution in [2.24, 2.45) is 0 Å². The largest absolute Gasteiger partial charge is 0.493 e. The van der Waals surface area contributed by atoms with Gasteiger partial charge in [0.15, 0.2) is 17.4 Å². The SMILES string of the molecule is Cc1cc(C)cc(OCCSc2nnc(COc3ccccc3F)n2N)c1. The van der Waals surface area contributed by atoms with Crippen molar-refractivity contribution >= 4 is 11.8 Å². The van der Waals surface area contributed by atoms with E-state index in [2.05, 4.69) is 16.3 Å². The van der Waals surface area contributed by atoms with Gasteiger partial charge in [-0.3, -0.25) is 0 Å². The predicted octanol–water partition coefficient (Wildman–Crippen LogP) is 3.50. The van der Waals surface area contributed by atoms with E-state index in [1.165, 1.54) is 33.6 Å². The summed E-state index contributed by atoms with van der Waals surface area (Å²) in [6, 6.07) is 12.3. The zero-order chi connectivity index (χ0) is 19.2. The molecule has 3 rings (SSSR count). The summed E-state index contributed by atoms with van der Waals surface area (Å²) in [5.41, 5.74) is 2.33. The number of ether oxygens (including phenoxy) is 2. The fourth-order valence-corrected chi connectivity index (χ4v) is 3.21. The lowest BCUT2D eigenvalue weighted by molar-refractivity contribution is 0.277. The Morgan fingerprint density at radius 2 is 1.81 bits per heavy atom. The third-order valence-corrected chi connectivity index (χ3v) is 4.61. The molecule has 0 aliphatic carbocycles. The van der Waals surface area contributed by atoms with E-state index < -0.39 is 5.82 Å².